The van der Waals surface area contributed by atoms with Crippen molar-refractivity contribution < 1.29 is 14.3 Å². The van der Waals surface area contributed by atoms with Crippen LogP contribution in [0.3, 0.4) is 0 Å². The average molecular weight is 335 g/mol. The Labute approximate surface area is 140 Å². The van der Waals surface area contributed by atoms with E-state index in [1.807, 2.05) is 37.6 Å². The first-order valence-electron chi connectivity index (χ1n) is 7.37. The summed E-state index contributed by atoms with van der Waals surface area (Å²) in [4.78, 5) is 11.4. The maximum atomic E-state index is 11.4. The Hall–Kier alpha value is -2.02. The van der Waals surface area contributed by atoms with Gasteiger partial charge in [0.15, 0.2) is 11.0 Å². The molecule has 0 atom stereocenters. The summed E-state index contributed by atoms with van der Waals surface area (Å²) in [5, 5.41) is 8.86. The van der Waals surface area contributed by atoms with E-state index in [2.05, 4.69) is 16.3 Å². The number of nitrogens with zero attached hydrogens (tertiary/aromatic N) is 3. The lowest BCUT2D eigenvalue weighted by atomic mass is 10.1. The van der Waals surface area contributed by atoms with Gasteiger partial charge in [0.05, 0.1) is 12.4 Å². The van der Waals surface area contributed by atoms with Crippen molar-refractivity contribution in [1.82, 2.24) is 14.8 Å². The van der Waals surface area contributed by atoms with Crippen molar-refractivity contribution in [3.8, 4) is 5.75 Å². The van der Waals surface area contributed by atoms with Gasteiger partial charge in [0.1, 0.15) is 12.4 Å². The number of esters is 1. The Kier molecular flexibility index (Phi) is 6.04. The van der Waals surface area contributed by atoms with Gasteiger partial charge in [-0.15, -0.1) is 10.2 Å². The largest absolute Gasteiger partial charge is 0.486 e. The molecule has 1 aromatic heterocycles. The number of hydrogen-bond acceptors (Lipinski definition) is 6. The van der Waals surface area contributed by atoms with Gasteiger partial charge in [0.25, 0.3) is 0 Å². The maximum absolute atomic E-state index is 11.4. The highest BCUT2D eigenvalue weighted by Gasteiger charge is 2.12. The highest BCUT2D eigenvalue weighted by Crippen LogP contribution is 2.19. The number of ether oxygens (including phenoxy) is 2. The van der Waals surface area contributed by atoms with Crippen LogP contribution in [0.5, 0.6) is 5.75 Å². The first kappa shape index (κ1) is 17.3. The van der Waals surface area contributed by atoms with Gasteiger partial charge in [0.2, 0.25) is 0 Å². The number of carbonyl (C=O) groups excluding carboxylic acids is 1. The van der Waals surface area contributed by atoms with Crippen LogP contribution in [0.1, 0.15) is 23.9 Å². The van der Waals surface area contributed by atoms with Gasteiger partial charge in [-0.25, -0.2) is 0 Å². The third-order valence-corrected chi connectivity index (χ3v) is 4.11. The quantitative estimate of drug-likeness (QED) is 0.572. The molecule has 0 radical (unpaired) electrons. The van der Waals surface area contributed by atoms with Crippen molar-refractivity contribution in [2.75, 3.05) is 12.4 Å². The number of aromatic nitrogens is 3. The predicted molar refractivity (Wildman–Crippen MR) is 88.6 cm³/mol. The van der Waals surface area contributed by atoms with Crippen LogP contribution in [-0.2, 0) is 23.2 Å². The molecule has 0 amide bonds. The lowest BCUT2D eigenvalue weighted by Crippen LogP contribution is -2.08. The van der Waals surface area contributed by atoms with E-state index in [1.54, 1.807) is 6.92 Å². The fourth-order valence-electron chi connectivity index (χ4n) is 2.09. The molecule has 0 spiro atoms. The summed E-state index contributed by atoms with van der Waals surface area (Å²) in [6, 6.07) is 6.07. The standard InChI is InChI=1S/C16H21N3O3S/c1-5-21-15(20)10-23-16-18-17-14(19(16)4)9-22-13-7-11(2)6-12(3)8-13/h6-8H,5,9-10H2,1-4H3. The van der Waals surface area contributed by atoms with Crippen LogP contribution < -0.4 is 4.74 Å². The molecule has 1 heterocycles. The average Bonchev–Trinajstić information content (AvgIpc) is 2.83. The highest BCUT2D eigenvalue weighted by atomic mass is 32.2. The summed E-state index contributed by atoms with van der Waals surface area (Å²) in [5.41, 5.74) is 2.31. The Morgan fingerprint density at radius 1 is 1.22 bits per heavy atom. The molecule has 0 aliphatic rings. The minimum Gasteiger partial charge on any atom is -0.486 e. The number of aryl methyl sites for hydroxylation is 2. The van der Waals surface area contributed by atoms with Crippen LogP contribution in [-0.4, -0.2) is 33.1 Å². The molecule has 0 saturated heterocycles. The second-order valence-electron chi connectivity index (χ2n) is 5.16. The number of thioether (sulfide) groups is 1. The zero-order chi connectivity index (χ0) is 16.8. The monoisotopic (exact) mass is 335 g/mol. The van der Waals surface area contributed by atoms with Crippen molar-refractivity contribution in [2.45, 2.75) is 32.5 Å². The molecule has 7 heteroatoms. The predicted octanol–water partition coefficient (Wildman–Crippen LogP) is 2.67. The smallest absolute Gasteiger partial charge is 0.316 e. The van der Waals surface area contributed by atoms with Crippen LogP contribution in [0.15, 0.2) is 23.4 Å². The third kappa shape index (κ3) is 4.99. The zero-order valence-electron chi connectivity index (χ0n) is 13.8. The van der Waals surface area contributed by atoms with Crippen molar-refractivity contribution in [2.24, 2.45) is 7.05 Å². The summed E-state index contributed by atoms with van der Waals surface area (Å²) < 4.78 is 12.5. The molecular formula is C16H21N3O3S. The molecule has 2 aromatic rings. The van der Waals surface area contributed by atoms with Crippen LogP contribution in [0.25, 0.3) is 0 Å². The van der Waals surface area contributed by atoms with Crippen molar-refractivity contribution >= 4 is 17.7 Å². The Morgan fingerprint density at radius 2 is 1.91 bits per heavy atom. The molecule has 0 fully saturated rings. The Balaban J connectivity index is 1.95. The summed E-state index contributed by atoms with van der Waals surface area (Å²) in [5.74, 6) is 1.48. The molecule has 1 aromatic carbocycles. The van der Waals surface area contributed by atoms with Gasteiger partial charge in [-0.3, -0.25) is 4.79 Å². The van der Waals surface area contributed by atoms with E-state index < -0.39 is 0 Å². The van der Waals surface area contributed by atoms with Crippen LogP contribution >= 0.6 is 11.8 Å². The van der Waals surface area contributed by atoms with Gasteiger partial charge in [-0.05, 0) is 44.0 Å². The molecule has 0 aliphatic carbocycles. The SMILES string of the molecule is CCOC(=O)CSc1nnc(COc2cc(C)cc(C)c2)n1C. The molecule has 124 valence electrons. The maximum Gasteiger partial charge on any atom is 0.316 e. The van der Waals surface area contributed by atoms with E-state index in [9.17, 15) is 4.79 Å². The lowest BCUT2D eigenvalue weighted by molar-refractivity contribution is -0.139. The topological polar surface area (TPSA) is 66.2 Å². The van der Waals surface area contributed by atoms with E-state index in [0.717, 1.165) is 16.9 Å². The van der Waals surface area contributed by atoms with Crippen LogP contribution in [0, 0.1) is 13.8 Å². The van der Waals surface area contributed by atoms with Crippen molar-refractivity contribution in [3.63, 3.8) is 0 Å². The van der Waals surface area contributed by atoms with Gasteiger partial charge < -0.3 is 14.0 Å². The van der Waals surface area contributed by atoms with Gasteiger partial charge in [-0.1, -0.05) is 17.8 Å². The molecule has 0 aliphatic heterocycles. The molecule has 0 bridgehead atoms. The summed E-state index contributed by atoms with van der Waals surface area (Å²) in [7, 11) is 1.85. The first-order valence-corrected chi connectivity index (χ1v) is 8.36. The minimum absolute atomic E-state index is 0.220. The van der Waals surface area contributed by atoms with Crippen LogP contribution in [0.4, 0.5) is 0 Å². The second kappa shape index (κ2) is 8.01. The van der Waals surface area contributed by atoms with Gasteiger partial charge in [0, 0.05) is 7.05 Å². The van der Waals surface area contributed by atoms with E-state index >= 15 is 0 Å². The van der Waals surface area contributed by atoms with Crippen LogP contribution in [0.2, 0.25) is 0 Å². The summed E-state index contributed by atoms with van der Waals surface area (Å²) >= 11 is 1.30. The van der Waals surface area contributed by atoms with E-state index in [1.165, 1.54) is 11.8 Å². The fraction of sp³-hybridized carbons (Fsp3) is 0.438. The van der Waals surface area contributed by atoms with Crippen molar-refractivity contribution in [3.05, 3.63) is 35.2 Å². The van der Waals surface area contributed by atoms with Crippen molar-refractivity contribution in [1.29, 1.82) is 0 Å². The van der Waals surface area contributed by atoms with Gasteiger partial charge in [-0.2, -0.15) is 0 Å². The number of rotatable bonds is 7. The normalized spacial score (nSPS) is 10.6. The Bertz CT molecular complexity index is 665. The van der Waals surface area contributed by atoms with E-state index in [4.69, 9.17) is 9.47 Å². The molecular weight excluding hydrogens is 314 g/mol. The molecule has 23 heavy (non-hydrogen) atoms. The first-order chi connectivity index (χ1) is 11.0. The molecule has 2 rings (SSSR count). The second-order valence-corrected chi connectivity index (χ2v) is 6.11. The lowest BCUT2D eigenvalue weighted by Gasteiger charge is -2.08. The molecule has 0 saturated carbocycles. The third-order valence-electron chi connectivity index (χ3n) is 3.11. The summed E-state index contributed by atoms with van der Waals surface area (Å²) in [6.45, 7) is 6.56. The molecule has 0 N–H and O–H groups in total. The molecule has 0 unspecified atom stereocenters. The number of hydrogen-bond donors (Lipinski definition) is 0. The number of carbonyl (C=O) groups is 1. The zero-order valence-corrected chi connectivity index (χ0v) is 14.6. The Morgan fingerprint density at radius 3 is 2.57 bits per heavy atom. The van der Waals surface area contributed by atoms with Gasteiger partial charge >= 0.3 is 5.97 Å². The fourth-order valence-corrected chi connectivity index (χ4v) is 2.81. The summed E-state index contributed by atoms with van der Waals surface area (Å²) in [6.07, 6.45) is 0. The van der Waals surface area contributed by atoms with E-state index in [-0.39, 0.29) is 11.7 Å². The minimum atomic E-state index is -0.256. The van der Waals surface area contributed by atoms with E-state index in [0.29, 0.717) is 24.2 Å². The molecule has 6 nitrogen and oxygen atoms in total. The number of benzene rings is 1. The highest BCUT2D eigenvalue weighted by molar-refractivity contribution is 7.99.